The predicted molar refractivity (Wildman–Crippen MR) is 95.7 cm³/mol. The first-order valence-corrected chi connectivity index (χ1v) is 9.15. The summed E-state index contributed by atoms with van der Waals surface area (Å²) in [5.41, 5.74) is -0.0316. The lowest BCUT2D eigenvalue weighted by Crippen LogP contribution is -2.49. The number of piperidine rings is 1. The molecular formula is C18H23F4N3O4. The Labute approximate surface area is 165 Å². The number of alkyl halides is 3. The fourth-order valence-electron chi connectivity index (χ4n) is 3.02. The highest BCUT2D eigenvalue weighted by Gasteiger charge is 2.32. The van der Waals surface area contributed by atoms with Gasteiger partial charge in [-0.1, -0.05) is 6.92 Å². The van der Waals surface area contributed by atoms with Crippen LogP contribution < -0.4 is 15.4 Å². The number of carbonyl (C=O) groups excluding carboxylic acids is 2. The zero-order valence-corrected chi connectivity index (χ0v) is 15.8. The van der Waals surface area contributed by atoms with Crippen LogP contribution in [0.15, 0.2) is 18.2 Å². The number of hydrogen-bond acceptors (Lipinski definition) is 4. The lowest BCUT2D eigenvalue weighted by molar-refractivity contribution is -0.275. The van der Waals surface area contributed by atoms with Crippen LogP contribution in [0, 0.1) is 11.7 Å². The smallest absolute Gasteiger partial charge is 0.403 e. The van der Waals surface area contributed by atoms with Crippen molar-refractivity contribution in [1.82, 2.24) is 10.2 Å². The zero-order valence-electron chi connectivity index (χ0n) is 15.8. The van der Waals surface area contributed by atoms with Crippen LogP contribution in [0.25, 0.3) is 0 Å². The van der Waals surface area contributed by atoms with Gasteiger partial charge in [0.15, 0.2) is 11.6 Å². The number of urea groups is 1. The Morgan fingerprint density at radius 1 is 1.31 bits per heavy atom. The summed E-state index contributed by atoms with van der Waals surface area (Å²) >= 11 is 0. The summed E-state index contributed by atoms with van der Waals surface area (Å²) in [6.07, 6.45) is -3.46. The van der Waals surface area contributed by atoms with E-state index in [4.69, 9.17) is 0 Å². The molecule has 1 heterocycles. The SMILES string of the molecule is CC[C@@H](CO)C(=O)N1CCC(NC(=O)Nc2ccc(OC(F)(F)F)c(F)c2)CC1. The number of benzene rings is 1. The number of rotatable bonds is 6. The van der Waals surface area contributed by atoms with Crippen LogP contribution in [-0.2, 0) is 4.79 Å². The molecule has 11 heteroatoms. The zero-order chi connectivity index (χ0) is 21.6. The summed E-state index contributed by atoms with van der Waals surface area (Å²) in [5.74, 6) is -2.80. The van der Waals surface area contributed by atoms with E-state index in [9.17, 15) is 32.3 Å². The van der Waals surface area contributed by atoms with E-state index < -0.39 is 29.9 Å². The Morgan fingerprint density at radius 2 is 1.97 bits per heavy atom. The summed E-state index contributed by atoms with van der Waals surface area (Å²) < 4.78 is 53.7. The van der Waals surface area contributed by atoms with Crippen LogP contribution in [-0.4, -0.2) is 54.0 Å². The molecule has 0 spiro atoms. The minimum absolute atomic E-state index is 0.0316. The van der Waals surface area contributed by atoms with E-state index in [1.165, 1.54) is 0 Å². The number of nitrogens with one attached hydrogen (secondary N) is 2. The maximum atomic E-state index is 13.7. The summed E-state index contributed by atoms with van der Waals surface area (Å²) in [5, 5.41) is 14.3. The van der Waals surface area contributed by atoms with Crippen LogP contribution in [0.4, 0.5) is 28.0 Å². The van der Waals surface area contributed by atoms with Gasteiger partial charge in [0.05, 0.1) is 12.5 Å². The maximum absolute atomic E-state index is 13.7. The van der Waals surface area contributed by atoms with Crippen LogP contribution in [0.2, 0.25) is 0 Å². The Balaban J connectivity index is 1.83. The topological polar surface area (TPSA) is 90.9 Å². The third-order valence-electron chi connectivity index (χ3n) is 4.62. The highest BCUT2D eigenvalue weighted by molar-refractivity contribution is 5.89. The molecule has 7 nitrogen and oxygen atoms in total. The van der Waals surface area contributed by atoms with Gasteiger partial charge in [-0.3, -0.25) is 4.79 Å². The van der Waals surface area contributed by atoms with E-state index in [0.29, 0.717) is 32.4 Å². The highest BCUT2D eigenvalue weighted by Crippen LogP contribution is 2.27. The largest absolute Gasteiger partial charge is 0.573 e. The first-order chi connectivity index (χ1) is 13.6. The van der Waals surface area contributed by atoms with Crippen molar-refractivity contribution in [2.75, 3.05) is 25.0 Å². The Morgan fingerprint density at radius 3 is 2.48 bits per heavy atom. The van der Waals surface area contributed by atoms with Crippen LogP contribution in [0.5, 0.6) is 5.75 Å². The molecule has 1 atom stereocenters. The summed E-state index contributed by atoms with van der Waals surface area (Å²) in [6.45, 7) is 2.47. The van der Waals surface area contributed by atoms with Gasteiger partial charge in [-0.25, -0.2) is 9.18 Å². The molecule has 2 rings (SSSR count). The monoisotopic (exact) mass is 421 g/mol. The molecule has 0 aliphatic carbocycles. The predicted octanol–water partition coefficient (Wildman–Crippen LogP) is 2.86. The molecular weight excluding hydrogens is 398 g/mol. The number of halogens is 4. The molecule has 1 aromatic rings. The van der Waals surface area contributed by atoms with E-state index in [-0.39, 0.29) is 24.2 Å². The fourth-order valence-corrected chi connectivity index (χ4v) is 3.02. The summed E-state index contributed by atoms with van der Waals surface area (Å²) in [6, 6.07) is 1.73. The van der Waals surface area contributed by atoms with E-state index in [1.54, 1.807) is 4.90 Å². The summed E-state index contributed by atoms with van der Waals surface area (Å²) in [7, 11) is 0. The van der Waals surface area contributed by atoms with E-state index in [2.05, 4.69) is 15.4 Å². The quantitative estimate of drug-likeness (QED) is 0.616. The lowest BCUT2D eigenvalue weighted by Gasteiger charge is -2.34. The third-order valence-corrected chi connectivity index (χ3v) is 4.62. The summed E-state index contributed by atoms with van der Waals surface area (Å²) in [4.78, 5) is 25.9. The van der Waals surface area contributed by atoms with Crippen molar-refractivity contribution in [2.45, 2.75) is 38.6 Å². The van der Waals surface area contributed by atoms with E-state index >= 15 is 0 Å². The molecule has 0 bridgehead atoms. The van der Waals surface area contributed by atoms with Crippen molar-refractivity contribution in [3.63, 3.8) is 0 Å². The van der Waals surface area contributed by atoms with Gasteiger partial charge in [-0.05, 0) is 31.4 Å². The minimum Gasteiger partial charge on any atom is -0.403 e. The van der Waals surface area contributed by atoms with Gasteiger partial charge < -0.3 is 25.4 Å². The Bertz CT molecular complexity index is 718. The van der Waals surface area contributed by atoms with Crippen molar-refractivity contribution in [2.24, 2.45) is 5.92 Å². The fraction of sp³-hybridized carbons (Fsp3) is 0.556. The molecule has 0 saturated carbocycles. The van der Waals surface area contributed by atoms with Gasteiger partial charge >= 0.3 is 12.4 Å². The number of hydrogen-bond donors (Lipinski definition) is 3. The second-order valence-electron chi connectivity index (χ2n) is 6.68. The van der Waals surface area contributed by atoms with E-state index in [0.717, 1.165) is 18.2 Å². The minimum atomic E-state index is -5.02. The number of carbonyl (C=O) groups is 2. The number of ether oxygens (including phenoxy) is 1. The third kappa shape index (κ3) is 6.77. The number of nitrogens with zero attached hydrogens (tertiary/aromatic N) is 1. The lowest BCUT2D eigenvalue weighted by atomic mass is 10.0. The average molecular weight is 421 g/mol. The van der Waals surface area contributed by atoms with Gasteiger partial charge in [0.2, 0.25) is 5.91 Å². The second-order valence-corrected chi connectivity index (χ2v) is 6.68. The van der Waals surface area contributed by atoms with Crippen LogP contribution in [0.1, 0.15) is 26.2 Å². The first-order valence-electron chi connectivity index (χ1n) is 9.15. The highest BCUT2D eigenvalue weighted by atomic mass is 19.4. The molecule has 0 aromatic heterocycles. The normalized spacial score (nSPS) is 16.3. The van der Waals surface area contributed by atoms with Crippen molar-refractivity contribution in [3.8, 4) is 5.75 Å². The van der Waals surface area contributed by atoms with Crippen molar-refractivity contribution >= 4 is 17.6 Å². The Hall–Kier alpha value is -2.56. The molecule has 3 amide bonds. The molecule has 162 valence electrons. The molecule has 29 heavy (non-hydrogen) atoms. The van der Waals surface area contributed by atoms with Crippen molar-refractivity contribution < 1.29 is 37.0 Å². The van der Waals surface area contributed by atoms with Gasteiger partial charge in [0, 0.05) is 30.9 Å². The molecule has 1 saturated heterocycles. The molecule has 1 aliphatic heterocycles. The van der Waals surface area contributed by atoms with Crippen LogP contribution in [0.3, 0.4) is 0 Å². The van der Waals surface area contributed by atoms with Crippen molar-refractivity contribution in [1.29, 1.82) is 0 Å². The number of amides is 3. The van der Waals surface area contributed by atoms with Crippen LogP contribution >= 0.6 is 0 Å². The molecule has 1 fully saturated rings. The van der Waals surface area contributed by atoms with Gasteiger partial charge in [-0.2, -0.15) is 0 Å². The molecule has 0 radical (unpaired) electrons. The van der Waals surface area contributed by atoms with Gasteiger partial charge in [0.1, 0.15) is 0 Å². The second kappa shape index (κ2) is 9.77. The maximum Gasteiger partial charge on any atom is 0.573 e. The molecule has 0 unspecified atom stereocenters. The molecule has 3 N–H and O–H groups in total. The Kier molecular flexibility index (Phi) is 7.66. The molecule has 1 aromatic carbocycles. The standard InChI is InChI=1S/C18H23F4N3O4/c1-2-11(10-26)16(27)25-7-5-12(6-8-25)23-17(28)24-13-3-4-15(14(19)9-13)29-18(20,21)22/h3-4,9,11-12,26H,2,5-8,10H2,1H3,(H2,23,24,28)/t11-/m0/s1. The first kappa shape index (κ1) is 22.7. The number of aliphatic hydroxyl groups excluding tert-OH is 1. The van der Waals surface area contributed by atoms with E-state index in [1.807, 2.05) is 6.92 Å². The number of likely N-dealkylation sites (tertiary alicyclic amines) is 1. The van der Waals surface area contributed by atoms with Gasteiger partial charge in [-0.15, -0.1) is 13.2 Å². The molecule has 1 aliphatic rings. The average Bonchev–Trinajstić information content (AvgIpc) is 2.64. The van der Waals surface area contributed by atoms with Crippen molar-refractivity contribution in [3.05, 3.63) is 24.0 Å². The number of aliphatic hydroxyl groups is 1. The van der Waals surface area contributed by atoms with Gasteiger partial charge in [0.25, 0.3) is 0 Å². The number of anilines is 1.